The molecule has 2 aromatic rings. The number of likely N-dealkylation sites (tertiary alicyclic amines) is 1. The molecule has 1 aromatic heterocycles. The van der Waals surface area contributed by atoms with Crippen LogP contribution in [0.25, 0.3) is 10.9 Å². The number of hydrogen-bond donors (Lipinski definition) is 1. The number of piperidine rings is 1. The fourth-order valence-electron chi connectivity index (χ4n) is 3.15. The molecule has 0 aliphatic carbocycles. The molecule has 1 aliphatic heterocycles. The molecule has 0 amide bonds. The summed E-state index contributed by atoms with van der Waals surface area (Å²) in [5.41, 5.74) is 8.23. The van der Waals surface area contributed by atoms with Gasteiger partial charge in [0.05, 0.1) is 11.2 Å². The molecule has 116 valence electrons. The van der Waals surface area contributed by atoms with Gasteiger partial charge in [0.1, 0.15) is 0 Å². The zero-order valence-corrected chi connectivity index (χ0v) is 13.5. The van der Waals surface area contributed by atoms with E-state index >= 15 is 0 Å². The molecule has 0 radical (unpaired) electrons. The first-order valence-corrected chi connectivity index (χ1v) is 7.68. The molecule has 0 bridgehead atoms. The first kappa shape index (κ1) is 16.3. The van der Waals surface area contributed by atoms with Gasteiger partial charge < -0.3 is 5.73 Å². The van der Waals surface area contributed by atoms with Gasteiger partial charge in [-0.3, -0.25) is 9.58 Å². The maximum absolute atomic E-state index is 5.76. The summed E-state index contributed by atoms with van der Waals surface area (Å²) in [6, 6.07) is 8.55. The quantitative estimate of drug-likeness (QED) is 0.944. The summed E-state index contributed by atoms with van der Waals surface area (Å²) >= 11 is 0. The molecule has 0 atom stereocenters. The third kappa shape index (κ3) is 3.39. The van der Waals surface area contributed by atoms with Crippen molar-refractivity contribution in [3.05, 3.63) is 30.0 Å². The number of aromatic nitrogens is 2. The Kier molecular flexibility index (Phi) is 5.62. The SMILES string of the molecule is CCn1nc(CN2CCC(CN)CC2)c2ccccc21.Cl. The minimum Gasteiger partial charge on any atom is -0.330 e. The number of nitrogens with two attached hydrogens (primary N) is 1. The molecular weight excluding hydrogens is 284 g/mol. The van der Waals surface area contributed by atoms with Crippen LogP contribution in [-0.2, 0) is 13.1 Å². The van der Waals surface area contributed by atoms with E-state index in [2.05, 4.69) is 40.8 Å². The second kappa shape index (κ2) is 7.25. The van der Waals surface area contributed by atoms with Crippen molar-refractivity contribution in [1.29, 1.82) is 0 Å². The maximum Gasteiger partial charge on any atom is 0.0843 e. The van der Waals surface area contributed by atoms with Gasteiger partial charge in [0.25, 0.3) is 0 Å². The van der Waals surface area contributed by atoms with Crippen molar-refractivity contribution < 1.29 is 0 Å². The van der Waals surface area contributed by atoms with Gasteiger partial charge in [-0.05, 0) is 51.4 Å². The van der Waals surface area contributed by atoms with E-state index in [0.29, 0.717) is 0 Å². The molecule has 1 aromatic carbocycles. The third-order valence-corrected chi connectivity index (χ3v) is 4.45. The summed E-state index contributed by atoms with van der Waals surface area (Å²) < 4.78 is 2.11. The van der Waals surface area contributed by atoms with Crippen molar-refractivity contribution in [1.82, 2.24) is 14.7 Å². The Morgan fingerprint density at radius 1 is 1.24 bits per heavy atom. The topological polar surface area (TPSA) is 47.1 Å². The van der Waals surface area contributed by atoms with Gasteiger partial charge in [-0.2, -0.15) is 5.10 Å². The number of halogens is 1. The Balaban J connectivity index is 0.00000161. The third-order valence-electron chi connectivity index (χ3n) is 4.45. The summed E-state index contributed by atoms with van der Waals surface area (Å²) in [6.45, 7) is 7.17. The molecule has 21 heavy (non-hydrogen) atoms. The zero-order valence-electron chi connectivity index (χ0n) is 12.7. The molecule has 4 nitrogen and oxygen atoms in total. The predicted octanol–water partition coefficient (Wildman–Crippen LogP) is 2.65. The van der Waals surface area contributed by atoms with Crippen molar-refractivity contribution >= 4 is 23.3 Å². The number of benzene rings is 1. The zero-order chi connectivity index (χ0) is 13.9. The number of aryl methyl sites for hydroxylation is 1. The monoisotopic (exact) mass is 308 g/mol. The van der Waals surface area contributed by atoms with Crippen LogP contribution in [0, 0.1) is 5.92 Å². The molecular formula is C16H25ClN4. The average Bonchev–Trinajstić information content (AvgIpc) is 2.86. The average molecular weight is 309 g/mol. The Hall–Kier alpha value is -1.10. The summed E-state index contributed by atoms with van der Waals surface area (Å²) in [6.07, 6.45) is 2.45. The number of hydrogen-bond acceptors (Lipinski definition) is 3. The van der Waals surface area contributed by atoms with Crippen molar-refractivity contribution in [2.45, 2.75) is 32.9 Å². The standard InChI is InChI=1S/C16H24N4.ClH/c1-2-20-16-6-4-3-5-14(16)15(18-20)12-19-9-7-13(11-17)8-10-19;/h3-6,13H,2,7-12,17H2,1H3;1H. The molecule has 1 aliphatic rings. The summed E-state index contributed by atoms with van der Waals surface area (Å²) in [5.74, 6) is 0.719. The Labute approximate surface area is 132 Å². The van der Waals surface area contributed by atoms with Crippen LogP contribution in [0.5, 0.6) is 0 Å². The predicted molar refractivity (Wildman–Crippen MR) is 89.7 cm³/mol. The molecule has 0 unspecified atom stereocenters. The maximum atomic E-state index is 5.76. The summed E-state index contributed by atoms with van der Waals surface area (Å²) in [5, 5.41) is 6.09. The fourth-order valence-corrected chi connectivity index (χ4v) is 3.15. The van der Waals surface area contributed by atoms with Gasteiger partial charge >= 0.3 is 0 Å². The Morgan fingerprint density at radius 3 is 2.62 bits per heavy atom. The Bertz CT molecular complexity index is 573. The highest BCUT2D eigenvalue weighted by Crippen LogP contribution is 2.22. The molecule has 1 fully saturated rings. The first-order chi connectivity index (χ1) is 9.81. The lowest BCUT2D eigenvalue weighted by Crippen LogP contribution is -2.35. The van der Waals surface area contributed by atoms with E-state index in [-0.39, 0.29) is 12.4 Å². The lowest BCUT2D eigenvalue weighted by atomic mass is 9.97. The van der Waals surface area contributed by atoms with E-state index in [1.165, 1.54) is 29.4 Å². The molecule has 0 spiro atoms. The van der Waals surface area contributed by atoms with Crippen LogP contribution >= 0.6 is 12.4 Å². The van der Waals surface area contributed by atoms with Crippen molar-refractivity contribution in [2.75, 3.05) is 19.6 Å². The van der Waals surface area contributed by atoms with E-state index in [4.69, 9.17) is 10.8 Å². The van der Waals surface area contributed by atoms with Gasteiger partial charge in [0.2, 0.25) is 0 Å². The van der Waals surface area contributed by atoms with E-state index in [9.17, 15) is 0 Å². The fraction of sp³-hybridized carbons (Fsp3) is 0.562. The van der Waals surface area contributed by atoms with E-state index in [1.807, 2.05) is 0 Å². The van der Waals surface area contributed by atoms with Crippen LogP contribution in [0.4, 0.5) is 0 Å². The van der Waals surface area contributed by atoms with Crippen molar-refractivity contribution in [3.8, 4) is 0 Å². The normalized spacial score (nSPS) is 17.0. The van der Waals surface area contributed by atoms with E-state index in [1.54, 1.807) is 0 Å². The molecule has 2 N–H and O–H groups in total. The largest absolute Gasteiger partial charge is 0.330 e. The van der Waals surface area contributed by atoms with Crippen molar-refractivity contribution in [2.24, 2.45) is 11.7 Å². The molecule has 3 rings (SSSR count). The first-order valence-electron chi connectivity index (χ1n) is 7.68. The van der Waals surface area contributed by atoms with Crippen LogP contribution in [0.2, 0.25) is 0 Å². The minimum absolute atomic E-state index is 0. The number of nitrogens with zero attached hydrogens (tertiary/aromatic N) is 3. The van der Waals surface area contributed by atoms with Gasteiger partial charge in [-0.25, -0.2) is 0 Å². The van der Waals surface area contributed by atoms with Gasteiger partial charge in [0, 0.05) is 18.5 Å². The molecule has 2 heterocycles. The second-order valence-electron chi connectivity index (χ2n) is 5.73. The molecule has 0 saturated carbocycles. The van der Waals surface area contributed by atoms with Crippen LogP contribution in [0.15, 0.2) is 24.3 Å². The van der Waals surface area contributed by atoms with Crippen molar-refractivity contribution in [3.63, 3.8) is 0 Å². The number of para-hydroxylation sites is 1. The van der Waals surface area contributed by atoms with E-state index < -0.39 is 0 Å². The van der Waals surface area contributed by atoms with Crippen LogP contribution < -0.4 is 5.73 Å². The molecule has 1 saturated heterocycles. The highest BCUT2D eigenvalue weighted by Gasteiger charge is 2.20. The smallest absolute Gasteiger partial charge is 0.0843 e. The second-order valence-corrected chi connectivity index (χ2v) is 5.73. The highest BCUT2D eigenvalue weighted by molar-refractivity contribution is 5.85. The van der Waals surface area contributed by atoms with Crippen LogP contribution in [0.3, 0.4) is 0 Å². The number of fused-ring (bicyclic) bond motifs is 1. The van der Waals surface area contributed by atoms with Gasteiger partial charge in [-0.15, -0.1) is 12.4 Å². The lowest BCUT2D eigenvalue weighted by molar-refractivity contribution is 0.179. The lowest BCUT2D eigenvalue weighted by Gasteiger charge is -2.30. The number of rotatable bonds is 4. The van der Waals surface area contributed by atoms with E-state index in [0.717, 1.165) is 38.6 Å². The minimum atomic E-state index is 0. The summed E-state index contributed by atoms with van der Waals surface area (Å²) in [4.78, 5) is 2.51. The Morgan fingerprint density at radius 2 is 1.95 bits per heavy atom. The van der Waals surface area contributed by atoms with Crippen LogP contribution in [-0.4, -0.2) is 34.3 Å². The molecule has 5 heteroatoms. The highest BCUT2D eigenvalue weighted by atomic mass is 35.5. The van der Waals surface area contributed by atoms with Crippen LogP contribution in [0.1, 0.15) is 25.5 Å². The summed E-state index contributed by atoms with van der Waals surface area (Å²) in [7, 11) is 0. The van der Waals surface area contributed by atoms with Gasteiger partial charge in [0.15, 0.2) is 0 Å². The van der Waals surface area contributed by atoms with Gasteiger partial charge in [-0.1, -0.05) is 18.2 Å².